The van der Waals surface area contributed by atoms with E-state index in [-0.39, 0.29) is 24.1 Å². The van der Waals surface area contributed by atoms with Gasteiger partial charge in [0.25, 0.3) is 0 Å². The van der Waals surface area contributed by atoms with Crippen molar-refractivity contribution in [3.05, 3.63) is 59.4 Å². The molecule has 7 nitrogen and oxygen atoms in total. The molecule has 0 saturated carbocycles. The van der Waals surface area contributed by atoms with Crippen molar-refractivity contribution >= 4 is 34.7 Å². The number of carbonyl (C=O) groups excluding carboxylic acids is 2. The maximum atomic E-state index is 13.7. The first-order valence-corrected chi connectivity index (χ1v) is 11.4. The molecule has 0 saturated heterocycles. The second-order valence-corrected chi connectivity index (χ2v) is 7.81. The summed E-state index contributed by atoms with van der Waals surface area (Å²) in [6, 6.07) is 11.5. The van der Waals surface area contributed by atoms with Gasteiger partial charge >= 0.3 is 5.97 Å². The minimum atomic E-state index is -0.419. The van der Waals surface area contributed by atoms with Crippen molar-refractivity contribution in [1.82, 2.24) is 14.9 Å². The van der Waals surface area contributed by atoms with E-state index in [1.165, 1.54) is 23.9 Å². The topological polar surface area (TPSA) is 82.4 Å². The number of hydrogen-bond donors (Lipinski definition) is 1. The molecule has 1 heterocycles. The number of amides is 1. The quantitative estimate of drug-likeness (QED) is 0.268. The van der Waals surface area contributed by atoms with E-state index in [1.54, 1.807) is 31.2 Å². The van der Waals surface area contributed by atoms with E-state index in [4.69, 9.17) is 9.47 Å². The second-order valence-electron chi connectivity index (χ2n) is 6.87. The number of benzene rings is 2. The fourth-order valence-electron chi connectivity index (χ4n) is 3.12. The smallest absolute Gasteiger partial charge is 0.338 e. The zero-order valence-corrected chi connectivity index (χ0v) is 18.9. The van der Waals surface area contributed by atoms with Crippen LogP contribution in [0, 0.1) is 5.82 Å². The molecule has 0 aliphatic heterocycles. The van der Waals surface area contributed by atoms with Crippen LogP contribution in [0.4, 0.5) is 4.39 Å². The van der Waals surface area contributed by atoms with Crippen LogP contribution in [0.3, 0.4) is 0 Å². The minimum Gasteiger partial charge on any atom is -0.462 e. The molecule has 0 radical (unpaired) electrons. The molecule has 0 atom stereocenters. The molecule has 0 unspecified atom stereocenters. The number of fused-ring (bicyclic) bond motifs is 1. The fourth-order valence-corrected chi connectivity index (χ4v) is 3.96. The van der Waals surface area contributed by atoms with Crippen LogP contribution in [-0.2, 0) is 20.8 Å². The van der Waals surface area contributed by atoms with Crippen molar-refractivity contribution in [3.63, 3.8) is 0 Å². The molecule has 2 aromatic carbocycles. The number of ether oxygens (including phenoxy) is 2. The predicted molar refractivity (Wildman–Crippen MR) is 121 cm³/mol. The average molecular weight is 460 g/mol. The molecule has 3 rings (SSSR count). The molecule has 1 amide bonds. The fraction of sp³-hybridized carbons (Fsp3) is 0.348. The summed E-state index contributed by atoms with van der Waals surface area (Å²) in [4.78, 5) is 28.9. The lowest BCUT2D eigenvalue weighted by Gasteiger charge is -2.10. The molecule has 0 spiro atoms. The van der Waals surface area contributed by atoms with E-state index < -0.39 is 5.97 Å². The number of nitrogens with zero attached hydrogens (tertiary/aromatic N) is 2. The van der Waals surface area contributed by atoms with E-state index in [9.17, 15) is 14.0 Å². The lowest BCUT2D eigenvalue weighted by Crippen LogP contribution is -2.28. The number of halogens is 1. The van der Waals surface area contributed by atoms with Gasteiger partial charge in [-0.2, -0.15) is 0 Å². The van der Waals surface area contributed by atoms with Gasteiger partial charge in [-0.05, 0) is 49.7 Å². The zero-order valence-electron chi connectivity index (χ0n) is 18.1. The van der Waals surface area contributed by atoms with Gasteiger partial charge in [-0.1, -0.05) is 23.9 Å². The van der Waals surface area contributed by atoms with Crippen LogP contribution in [0.5, 0.6) is 0 Å². The Bertz CT molecular complexity index is 1090. The second kappa shape index (κ2) is 11.6. The van der Waals surface area contributed by atoms with E-state index in [0.29, 0.717) is 42.5 Å². The normalized spacial score (nSPS) is 11.0. The van der Waals surface area contributed by atoms with Crippen LogP contribution in [-0.4, -0.2) is 53.5 Å². The number of esters is 1. The Morgan fingerprint density at radius 2 is 2.00 bits per heavy atom. The highest BCUT2D eigenvalue weighted by molar-refractivity contribution is 7.99. The lowest BCUT2D eigenvalue weighted by molar-refractivity contribution is -0.118. The van der Waals surface area contributed by atoms with Gasteiger partial charge in [0, 0.05) is 13.2 Å². The molecule has 9 heteroatoms. The molecule has 0 bridgehead atoms. The average Bonchev–Trinajstić information content (AvgIpc) is 3.12. The molecule has 170 valence electrons. The summed E-state index contributed by atoms with van der Waals surface area (Å²) >= 11 is 1.28. The third-order valence-electron chi connectivity index (χ3n) is 4.56. The van der Waals surface area contributed by atoms with E-state index in [0.717, 1.165) is 11.1 Å². The summed E-state index contributed by atoms with van der Waals surface area (Å²) in [7, 11) is 0. The van der Waals surface area contributed by atoms with Gasteiger partial charge in [0.1, 0.15) is 5.82 Å². The molecule has 1 N–H and O–H groups in total. The van der Waals surface area contributed by atoms with Gasteiger partial charge in [-0.3, -0.25) is 4.79 Å². The highest BCUT2D eigenvalue weighted by Crippen LogP contribution is 2.26. The number of thioether (sulfide) groups is 1. The number of carbonyl (C=O) groups is 2. The molecule has 1 aromatic heterocycles. The monoisotopic (exact) mass is 459 g/mol. The van der Waals surface area contributed by atoms with Crippen molar-refractivity contribution in [2.45, 2.75) is 25.5 Å². The summed E-state index contributed by atoms with van der Waals surface area (Å²) in [5.74, 6) is -0.703. The Hall–Kier alpha value is -2.91. The maximum absolute atomic E-state index is 13.7. The van der Waals surface area contributed by atoms with Crippen LogP contribution < -0.4 is 5.32 Å². The zero-order chi connectivity index (χ0) is 22.9. The van der Waals surface area contributed by atoms with Crippen molar-refractivity contribution in [3.8, 4) is 0 Å². The summed E-state index contributed by atoms with van der Waals surface area (Å²) in [5, 5.41) is 3.41. The molecular formula is C23H26FN3O4S. The van der Waals surface area contributed by atoms with Gasteiger partial charge < -0.3 is 19.4 Å². The van der Waals surface area contributed by atoms with E-state index in [2.05, 4.69) is 10.3 Å². The lowest BCUT2D eigenvalue weighted by atomic mass is 10.2. The molecule has 0 aliphatic rings. The number of nitrogens with one attached hydrogen (secondary N) is 1. The Morgan fingerprint density at radius 3 is 2.75 bits per heavy atom. The van der Waals surface area contributed by atoms with Crippen LogP contribution >= 0.6 is 11.8 Å². The largest absolute Gasteiger partial charge is 0.462 e. The molecule has 0 aliphatic carbocycles. The van der Waals surface area contributed by atoms with Gasteiger partial charge in [0.2, 0.25) is 5.91 Å². The van der Waals surface area contributed by atoms with Gasteiger partial charge in [-0.25, -0.2) is 14.2 Å². The number of rotatable bonds is 11. The van der Waals surface area contributed by atoms with E-state index >= 15 is 0 Å². The van der Waals surface area contributed by atoms with Crippen LogP contribution in [0.1, 0.15) is 29.8 Å². The minimum absolute atomic E-state index is 0.133. The summed E-state index contributed by atoms with van der Waals surface area (Å²) < 4.78 is 25.9. The van der Waals surface area contributed by atoms with Gasteiger partial charge in [-0.15, -0.1) is 0 Å². The first kappa shape index (κ1) is 23.7. The molecular weight excluding hydrogens is 433 g/mol. The first-order chi connectivity index (χ1) is 15.5. The molecule has 3 aromatic rings. The van der Waals surface area contributed by atoms with Gasteiger partial charge in [0.15, 0.2) is 5.16 Å². The summed E-state index contributed by atoms with van der Waals surface area (Å²) in [6.45, 7) is 5.80. The Labute approximate surface area is 190 Å². The molecule has 32 heavy (non-hydrogen) atoms. The highest BCUT2D eigenvalue weighted by Gasteiger charge is 2.16. The maximum Gasteiger partial charge on any atom is 0.338 e. The standard InChI is InChI=1S/C23H26FN3O4S/c1-3-30-11-10-25-21(28)15-32-23-26-19-13-17(22(29)31-4-2)8-9-20(19)27(23)14-16-6-5-7-18(24)12-16/h5-9,12-13H,3-4,10-11,14-15H2,1-2H3,(H,25,28). The SMILES string of the molecule is CCOCCNC(=O)CSc1nc2cc(C(=O)OCC)ccc2n1Cc1cccc(F)c1. The van der Waals surface area contributed by atoms with Crippen LogP contribution in [0.25, 0.3) is 11.0 Å². The summed E-state index contributed by atoms with van der Waals surface area (Å²) in [6.07, 6.45) is 0. The van der Waals surface area contributed by atoms with Gasteiger partial charge in [0.05, 0.1) is 42.1 Å². The van der Waals surface area contributed by atoms with Crippen molar-refractivity contribution in [1.29, 1.82) is 0 Å². The van der Waals surface area contributed by atoms with Crippen molar-refractivity contribution in [2.24, 2.45) is 0 Å². The number of hydrogen-bond acceptors (Lipinski definition) is 6. The van der Waals surface area contributed by atoms with Crippen molar-refractivity contribution in [2.75, 3.05) is 32.1 Å². The third kappa shape index (κ3) is 6.30. The molecule has 0 fully saturated rings. The first-order valence-electron chi connectivity index (χ1n) is 10.4. The Balaban J connectivity index is 1.84. The Morgan fingerprint density at radius 1 is 1.16 bits per heavy atom. The van der Waals surface area contributed by atoms with E-state index in [1.807, 2.05) is 17.6 Å². The predicted octanol–water partition coefficient (Wildman–Crippen LogP) is 3.65. The number of imidazole rings is 1. The number of aromatic nitrogens is 2. The van der Waals surface area contributed by atoms with Crippen LogP contribution in [0.2, 0.25) is 0 Å². The van der Waals surface area contributed by atoms with Crippen LogP contribution in [0.15, 0.2) is 47.6 Å². The van der Waals surface area contributed by atoms with Crippen molar-refractivity contribution < 1.29 is 23.5 Å². The summed E-state index contributed by atoms with van der Waals surface area (Å²) in [5.41, 5.74) is 2.55. The highest BCUT2D eigenvalue weighted by atomic mass is 32.2. The Kier molecular flexibility index (Phi) is 8.64. The third-order valence-corrected chi connectivity index (χ3v) is 5.54.